The summed E-state index contributed by atoms with van der Waals surface area (Å²) in [6.45, 7) is 0. The van der Waals surface area contributed by atoms with Crippen molar-refractivity contribution in [3.63, 3.8) is 0 Å². The van der Waals surface area contributed by atoms with Crippen LogP contribution in [0.4, 0.5) is 0 Å². The molecule has 0 aliphatic rings. The Balaban J connectivity index is 2.05. The molecule has 3 aromatic rings. The van der Waals surface area contributed by atoms with E-state index in [0.29, 0.717) is 5.56 Å². The summed E-state index contributed by atoms with van der Waals surface area (Å²) in [5.41, 5.74) is 7.81. The average molecular weight is 280 g/mol. The largest absolute Gasteiger partial charge is 0.366 e. The van der Waals surface area contributed by atoms with Crippen molar-refractivity contribution in [1.29, 1.82) is 0 Å². The highest BCUT2D eigenvalue weighted by atomic mass is 32.1. The molecule has 1 aromatic heterocycles. The number of hydrogen-bond acceptors (Lipinski definition) is 3. The minimum atomic E-state index is -0.433. The number of benzene rings is 2. The topological polar surface area (TPSA) is 56.0 Å². The first-order valence-corrected chi connectivity index (χ1v) is 6.98. The molecule has 0 unspecified atom stereocenters. The van der Waals surface area contributed by atoms with E-state index in [2.05, 4.69) is 4.98 Å². The monoisotopic (exact) mass is 280 g/mol. The zero-order valence-electron chi connectivity index (χ0n) is 10.6. The Labute approximate surface area is 120 Å². The second-order valence-electron chi connectivity index (χ2n) is 4.31. The van der Waals surface area contributed by atoms with Gasteiger partial charge in [-0.3, -0.25) is 4.79 Å². The van der Waals surface area contributed by atoms with Crippen LogP contribution in [0.5, 0.6) is 0 Å². The predicted octanol–water partition coefficient (Wildman–Crippen LogP) is 3.58. The van der Waals surface area contributed by atoms with Crippen molar-refractivity contribution in [2.45, 2.75) is 0 Å². The molecule has 1 heterocycles. The SMILES string of the molecule is NC(=O)c1ccccc1-c1ncc(-c2ccccc2)s1. The van der Waals surface area contributed by atoms with E-state index < -0.39 is 5.91 Å². The molecule has 0 saturated heterocycles. The Morgan fingerprint density at radius 1 is 1.00 bits per heavy atom. The van der Waals surface area contributed by atoms with E-state index >= 15 is 0 Å². The van der Waals surface area contributed by atoms with Gasteiger partial charge in [0.1, 0.15) is 5.01 Å². The van der Waals surface area contributed by atoms with Gasteiger partial charge in [-0.1, -0.05) is 48.5 Å². The van der Waals surface area contributed by atoms with Crippen LogP contribution in [0.1, 0.15) is 10.4 Å². The lowest BCUT2D eigenvalue weighted by atomic mass is 10.1. The third kappa shape index (κ3) is 2.33. The third-order valence-electron chi connectivity index (χ3n) is 2.99. The van der Waals surface area contributed by atoms with Crippen molar-refractivity contribution in [1.82, 2.24) is 4.98 Å². The lowest BCUT2D eigenvalue weighted by Gasteiger charge is -2.02. The molecule has 3 rings (SSSR count). The van der Waals surface area contributed by atoms with Gasteiger partial charge in [0.2, 0.25) is 5.91 Å². The van der Waals surface area contributed by atoms with Crippen LogP contribution in [-0.2, 0) is 0 Å². The van der Waals surface area contributed by atoms with Gasteiger partial charge in [0.25, 0.3) is 0 Å². The maximum atomic E-state index is 11.5. The fourth-order valence-electron chi connectivity index (χ4n) is 2.02. The summed E-state index contributed by atoms with van der Waals surface area (Å²) in [7, 11) is 0. The summed E-state index contributed by atoms with van der Waals surface area (Å²) in [5.74, 6) is -0.433. The molecular weight excluding hydrogens is 268 g/mol. The van der Waals surface area contributed by atoms with Gasteiger partial charge in [-0.2, -0.15) is 0 Å². The number of nitrogens with two attached hydrogens (primary N) is 1. The predicted molar refractivity (Wildman–Crippen MR) is 81.5 cm³/mol. The Hall–Kier alpha value is -2.46. The number of primary amides is 1. The molecule has 0 aliphatic carbocycles. The van der Waals surface area contributed by atoms with Crippen LogP contribution in [0.3, 0.4) is 0 Å². The Morgan fingerprint density at radius 2 is 1.70 bits per heavy atom. The maximum absolute atomic E-state index is 11.5. The second-order valence-corrected chi connectivity index (χ2v) is 5.34. The van der Waals surface area contributed by atoms with Gasteiger partial charge >= 0.3 is 0 Å². The number of rotatable bonds is 3. The average Bonchev–Trinajstić information content (AvgIpc) is 2.98. The van der Waals surface area contributed by atoms with Gasteiger partial charge in [-0.15, -0.1) is 11.3 Å². The zero-order valence-corrected chi connectivity index (χ0v) is 11.4. The number of thiazole rings is 1. The summed E-state index contributed by atoms with van der Waals surface area (Å²) >= 11 is 1.55. The highest BCUT2D eigenvalue weighted by Crippen LogP contribution is 2.33. The standard InChI is InChI=1S/C16H12N2OS/c17-15(19)12-8-4-5-9-13(12)16-18-10-14(20-16)11-6-2-1-3-7-11/h1-10H,(H2,17,19). The van der Waals surface area contributed by atoms with E-state index in [0.717, 1.165) is 21.0 Å². The lowest BCUT2D eigenvalue weighted by Crippen LogP contribution is -2.12. The summed E-state index contributed by atoms with van der Waals surface area (Å²) < 4.78 is 0. The van der Waals surface area contributed by atoms with Crippen molar-refractivity contribution in [3.8, 4) is 21.0 Å². The van der Waals surface area contributed by atoms with Crippen LogP contribution >= 0.6 is 11.3 Å². The van der Waals surface area contributed by atoms with Crippen molar-refractivity contribution in [3.05, 3.63) is 66.4 Å². The maximum Gasteiger partial charge on any atom is 0.249 e. The molecule has 2 N–H and O–H groups in total. The molecule has 0 spiro atoms. The summed E-state index contributed by atoms with van der Waals surface area (Å²) in [6, 6.07) is 17.3. The highest BCUT2D eigenvalue weighted by Gasteiger charge is 2.13. The molecule has 20 heavy (non-hydrogen) atoms. The van der Waals surface area contributed by atoms with E-state index in [1.54, 1.807) is 23.5 Å². The van der Waals surface area contributed by atoms with Crippen LogP contribution in [0.2, 0.25) is 0 Å². The van der Waals surface area contributed by atoms with Crippen LogP contribution < -0.4 is 5.73 Å². The van der Waals surface area contributed by atoms with E-state index in [9.17, 15) is 4.79 Å². The minimum absolute atomic E-state index is 0.433. The van der Waals surface area contributed by atoms with Crippen LogP contribution in [-0.4, -0.2) is 10.9 Å². The van der Waals surface area contributed by atoms with Crippen molar-refractivity contribution in [2.75, 3.05) is 0 Å². The van der Waals surface area contributed by atoms with E-state index in [1.807, 2.05) is 48.7 Å². The third-order valence-corrected chi connectivity index (χ3v) is 4.07. The fourth-order valence-corrected chi connectivity index (χ4v) is 2.98. The number of amides is 1. The first-order chi connectivity index (χ1) is 9.75. The Bertz CT molecular complexity index is 750. The van der Waals surface area contributed by atoms with Crippen molar-refractivity contribution >= 4 is 17.2 Å². The number of nitrogens with zero attached hydrogens (tertiary/aromatic N) is 1. The molecule has 0 saturated carbocycles. The van der Waals surface area contributed by atoms with Crippen LogP contribution in [0.15, 0.2) is 60.8 Å². The quantitative estimate of drug-likeness (QED) is 0.797. The molecule has 4 heteroatoms. The zero-order chi connectivity index (χ0) is 13.9. The molecule has 98 valence electrons. The van der Waals surface area contributed by atoms with Crippen LogP contribution in [0, 0.1) is 0 Å². The van der Waals surface area contributed by atoms with Gasteiger partial charge < -0.3 is 5.73 Å². The summed E-state index contributed by atoms with van der Waals surface area (Å²) in [5, 5.41) is 0.804. The van der Waals surface area contributed by atoms with Gasteiger partial charge in [-0.25, -0.2) is 4.98 Å². The van der Waals surface area contributed by atoms with Gasteiger partial charge in [0.15, 0.2) is 0 Å². The van der Waals surface area contributed by atoms with E-state index in [4.69, 9.17) is 5.73 Å². The first-order valence-electron chi connectivity index (χ1n) is 6.16. The number of carbonyl (C=O) groups excluding carboxylic acids is 1. The molecule has 1 amide bonds. The van der Waals surface area contributed by atoms with Crippen molar-refractivity contribution in [2.24, 2.45) is 5.73 Å². The number of carbonyl (C=O) groups is 1. The van der Waals surface area contributed by atoms with Gasteiger partial charge in [-0.05, 0) is 11.6 Å². The number of hydrogen-bond donors (Lipinski definition) is 1. The van der Waals surface area contributed by atoms with Gasteiger partial charge in [0, 0.05) is 17.3 Å². The molecule has 2 aromatic carbocycles. The summed E-state index contributed by atoms with van der Waals surface area (Å²) in [4.78, 5) is 17.0. The first kappa shape index (κ1) is 12.6. The second kappa shape index (κ2) is 5.27. The lowest BCUT2D eigenvalue weighted by molar-refractivity contribution is 0.100. The molecule has 0 bridgehead atoms. The molecule has 0 atom stereocenters. The highest BCUT2D eigenvalue weighted by molar-refractivity contribution is 7.18. The molecule has 0 aliphatic heterocycles. The smallest absolute Gasteiger partial charge is 0.249 e. The normalized spacial score (nSPS) is 10.4. The molecule has 3 nitrogen and oxygen atoms in total. The van der Waals surface area contributed by atoms with E-state index in [-0.39, 0.29) is 0 Å². The fraction of sp³-hybridized carbons (Fsp3) is 0. The van der Waals surface area contributed by atoms with Crippen molar-refractivity contribution < 1.29 is 4.79 Å². The molecular formula is C16H12N2OS. The Kier molecular flexibility index (Phi) is 3.31. The van der Waals surface area contributed by atoms with Crippen LogP contribution in [0.25, 0.3) is 21.0 Å². The molecule has 0 fully saturated rings. The Morgan fingerprint density at radius 3 is 2.45 bits per heavy atom. The summed E-state index contributed by atoms with van der Waals surface area (Å²) in [6.07, 6.45) is 1.83. The minimum Gasteiger partial charge on any atom is -0.366 e. The number of aromatic nitrogens is 1. The van der Waals surface area contributed by atoms with Gasteiger partial charge in [0.05, 0.1) is 4.88 Å². The van der Waals surface area contributed by atoms with E-state index in [1.165, 1.54) is 0 Å². The molecule has 0 radical (unpaired) electrons.